The predicted molar refractivity (Wildman–Crippen MR) is 88.1 cm³/mol. The molecule has 2 aromatic rings. The molecule has 0 fully saturated rings. The molecule has 0 saturated heterocycles. The monoisotopic (exact) mass is 320 g/mol. The van der Waals surface area contributed by atoms with Crippen LogP contribution >= 0.6 is 11.6 Å². The molecule has 0 bridgehead atoms. The van der Waals surface area contributed by atoms with Crippen molar-refractivity contribution in [3.05, 3.63) is 64.9 Å². The third kappa shape index (κ3) is 3.98. The molecular formula is C17H18ClFN2O. The summed E-state index contributed by atoms with van der Waals surface area (Å²) in [6.07, 6.45) is 0. The number of rotatable bonds is 5. The number of carbonyl (C=O) groups excluding carboxylic acids is 1. The van der Waals surface area contributed by atoms with Gasteiger partial charge in [0.05, 0.1) is 10.6 Å². The summed E-state index contributed by atoms with van der Waals surface area (Å²) in [4.78, 5) is 14.2. The predicted octanol–water partition coefficient (Wildman–Crippen LogP) is 3.73. The lowest BCUT2D eigenvalue weighted by Crippen LogP contribution is -2.40. The number of anilines is 1. The number of para-hydroxylation sites is 1. The molecule has 0 heterocycles. The zero-order valence-electron chi connectivity index (χ0n) is 12.5. The van der Waals surface area contributed by atoms with Crippen molar-refractivity contribution in [3.8, 4) is 0 Å². The number of nitrogens with one attached hydrogen (secondary N) is 1. The van der Waals surface area contributed by atoms with Gasteiger partial charge in [0, 0.05) is 25.3 Å². The molecule has 1 N–H and O–H groups in total. The van der Waals surface area contributed by atoms with Gasteiger partial charge in [0.15, 0.2) is 0 Å². The standard InChI is InChI=1S/C17H18ClFN2O/c1-12(21(2)14-6-4-3-5-7-14)11-20-17(22)15-9-8-13(19)10-16(15)18/h3-10,12H,11H2,1-2H3,(H,20,22)/t12-/m0/s1. The van der Waals surface area contributed by atoms with E-state index in [1.54, 1.807) is 0 Å². The highest BCUT2D eigenvalue weighted by atomic mass is 35.5. The first-order valence-corrected chi connectivity index (χ1v) is 7.38. The van der Waals surface area contributed by atoms with E-state index in [1.165, 1.54) is 12.1 Å². The summed E-state index contributed by atoms with van der Waals surface area (Å²) in [6.45, 7) is 2.47. The van der Waals surface area contributed by atoms with E-state index in [0.29, 0.717) is 6.54 Å². The number of carbonyl (C=O) groups is 1. The second kappa shape index (κ2) is 7.27. The summed E-state index contributed by atoms with van der Waals surface area (Å²) in [6, 6.07) is 13.8. The summed E-state index contributed by atoms with van der Waals surface area (Å²) in [5.41, 5.74) is 1.35. The lowest BCUT2D eigenvalue weighted by atomic mass is 10.2. The Morgan fingerprint density at radius 1 is 1.27 bits per heavy atom. The summed E-state index contributed by atoms with van der Waals surface area (Å²) >= 11 is 5.89. The van der Waals surface area contributed by atoms with Crippen LogP contribution in [0.15, 0.2) is 48.5 Å². The Morgan fingerprint density at radius 2 is 1.95 bits per heavy atom. The van der Waals surface area contributed by atoms with Crippen LogP contribution < -0.4 is 10.2 Å². The number of nitrogens with zero attached hydrogens (tertiary/aromatic N) is 1. The highest BCUT2D eigenvalue weighted by Gasteiger charge is 2.14. The van der Waals surface area contributed by atoms with Gasteiger partial charge in [0.1, 0.15) is 5.82 Å². The second-order valence-electron chi connectivity index (χ2n) is 5.13. The minimum atomic E-state index is -0.460. The Kier molecular flexibility index (Phi) is 5.39. The number of amides is 1. The summed E-state index contributed by atoms with van der Waals surface area (Å²) < 4.78 is 13.0. The average molecular weight is 321 g/mol. The molecular weight excluding hydrogens is 303 g/mol. The van der Waals surface area contributed by atoms with Crippen LogP contribution in [0.3, 0.4) is 0 Å². The van der Waals surface area contributed by atoms with Gasteiger partial charge < -0.3 is 10.2 Å². The van der Waals surface area contributed by atoms with Gasteiger partial charge in [-0.3, -0.25) is 4.79 Å². The first-order chi connectivity index (χ1) is 10.5. The fourth-order valence-corrected chi connectivity index (χ4v) is 2.32. The van der Waals surface area contributed by atoms with Crippen LogP contribution in [-0.4, -0.2) is 25.5 Å². The van der Waals surface area contributed by atoms with Crippen LogP contribution in [0, 0.1) is 5.82 Å². The maximum absolute atomic E-state index is 13.0. The van der Waals surface area contributed by atoms with Gasteiger partial charge >= 0.3 is 0 Å². The Morgan fingerprint density at radius 3 is 2.59 bits per heavy atom. The molecule has 0 unspecified atom stereocenters. The largest absolute Gasteiger partial charge is 0.370 e. The summed E-state index contributed by atoms with van der Waals surface area (Å²) in [5.74, 6) is -0.767. The minimum Gasteiger partial charge on any atom is -0.370 e. The van der Waals surface area contributed by atoms with E-state index in [-0.39, 0.29) is 22.5 Å². The fourth-order valence-electron chi connectivity index (χ4n) is 2.06. The molecule has 0 radical (unpaired) electrons. The minimum absolute atomic E-state index is 0.102. The Hall–Kier alpha value is -2.07. The Labute approximate surface area is 134 Å². The van der Waals surface area contributed by atoms with Gasteiger partial charge in [-0.1, -0.05) is 29.8 Å². The zero-order valence-corrected chi connectivity index (χ0v) is 13.3. The molecule has 116 valence electrons. The van der Waals surface area contributed by atoms with Gasteiger partial charge in [-0.2, -0.15) is 0 Å². The first kappa shape index (κ1) is 16.3. The lowest BCUT2D eigenvalue weighted by molar-refractivity contribution is 0.0952. The van der Waals surface area contributed by atoms with Crippen molar-refractivity contribution < 1.29 is 9.18 Å². The number of likely N-dealkylation sites (N-methyl/N-ethyl adjacent to an activating group) is 1. The van der Waals surface area contributed by atoms with Gasteiger partial charge in [-0.05, 0) is 37.3 Å². The second-order valence-corrected chi connectivity index (χ2v) is 5.54. The van der Waals surface area contributed by atoms with E-state index in [4.69, 9.17) is 11.6 Å². The van der Waals surface area contributed by atoms with Crippen molar-refractivity contribution in [2.45, 2.75) is 13.0 Å². The summed E-state index contributed by atoms with van der Waals surface area (Å²) in [7, 11) is 1.97. The normalized spacial score (nSPS) is 11.8. The van der Waals surface area contributed by atoms with Crippen LogP contribution in [0.4, 0.5) is 10.1 Å². The topological polar surface area (TPSA) is 32.3 Å². The van der Waals surface area contributed by atoms with Crippen LogP contribution in [0.2, 0.25) is 5.02 Å². The Balaban J connectivity index is 1.96. The van der Waals surface area contributed by atoms with E-state index in [0.717, 1.165) is 11.8 Å². The van der Waals surface area contributed by atoms with Crippen molar-refractivity contribution in [3.63, 3.8) is 0 Å². The van der Waals surface area contributed by atoms with Crippen LogP contribution in [0.25, 0.3) is 0 Å². The lowest BCUT2D eigenvalue weighted by Gasteiger charge is -2.27. The number of hydrogen-bond acceptors (Lipinski definition) is 2. The molecule has 5 heteroatoms. The van der Waals surface area contributed by atoms with Crippen LogP contribution in [0.1, 0.15) is 17.3 Å². The average Bonchev–Trinajstić information content (AvgIpc) is 2.52. The van der Waals surface area contributed by atoms with Gasteiger partial charge in [0.2, 0.25) is 0 Å². The van der Waals surface area contributed by atoms with Gasteiger partial charge in [-0.15, -0.1) is 0 Å². The van der Waals surface area contributed by atoms with Crippen molar-refractivity contribution in [1.29, 1.82) is 0 Å². The maximum atomic E-state index is 13.0. The van der Waals surface area contributed by atoms with Crippen LogP contribution in [-0.2, 0) is 0 Å². The highest BCUT2D eigenvalue weighted by Crippen LogP contribution is 2.17. The summed E-state index contributed by atoms with van der Waals surface area (Å²) in [5, 5.41) is 2.93. The van der Waals surface area contributed by atoms with E-state index in [1.807, 2.05) is 44.3 Å². The molecule has 1 atom stereocenters. The molecule has 0 spiro atoms. The smallest absolute Gasteiger partial charge is 0.252 e. The molecule has 22 heavy (non-hydrogen) atoms. The quantitative estimate of drug-likeness (QED) is 0.910. The Bertz CT molecular complexity index is 648. The van der Waals surface area contributed by atoms with E-state index < -0.39 is 5.82 Å². The number of halogens is 2. The van der Waals surface area contributed by atoms with E-state index >= 15 is 0 Å². The SMILES string of the molecule is C[C@@H](CNC(=O)c1ccc(F)cc1Cl)N(C)c1ccccc1. The third-order valence-electron chi connectivity index (χ3n) is 3.56. The maximum Gasteiger partial charge on any atom is 0.252 e. The van der Waals surface area contributed by atoms with E-state index in [9.17, 15) is 9.18 Å². The van der Waals surface area contributed by atoms with Crippen molar-refractivity contribution in [2.75, 3.05) is 18.5 Å². The molecule has 0 saturated carbocycles. The van der Waals surface area contributed by atoms with Crippen molar-refractivity contribution >= 4 is 23.2 Å². The molecule has 2 aromatic carbocycles. The van der Waals surface area contributed by atoms with Crippen molar-refractivity contribution in [2.24, 2.45) is 0 Å². The fraction of sp³-hybridized carbons (Fsp3) is 0.235. The zero-order chi connectivity index (χ0) is 16.1. The third-order valence-corrected chi connectivity index (χ3v) is 3.87. The molecule has 1 amide bonds. The number of benzene rings is 2. The molecule has 0 aromatic heterocycles. The molecule has 0 aliphatic carbocycles. The van der Waals surface area contributed by atoms with Crippen molar-refractivity contribution in [1.82, 2.24) is 5.32 Å². The number of hydrogen-bond donors (Lipinski definition) is 1. The molecule has 3 nitrogen and oxygen atoms in total. The van der Waals surface area contributed by atoms with Gasteiger partial charge in [-0.25, -0.2) is 4.39 Å². The molecule has 0 aliphatic rings. The van der Waals surface area contributed by atoms with E-state index in [2.05, 4.69) is 10.2 Å². The van der Waals surface area contributed by atoms with Crippen LogP contribution in [0.5, 0.6) is 0 Å². The highest BCUT2D eigenvalue weighted by molar-refractivity contribution is 6.33. The molecule has 0 aliphatic heterocycles. The van der Waals surface area contributed by atoms with Gasteiger partial charge in [0.25, 0.3) is 5.91 Å². The molecule has 2 rings (SSSR count). The first-order valence-electron chi connectivity index (χ1n) is 7.00.